The third kappa shape index (κ3) is 4.11. The van der Waals surface area contributed by atoms with Crippen molar-refractivity contribution in [3.8, 4) is 5.75 Å². The van der Waals surface area contributed by atoms with E-state index in [-0.39, 0.29) is 11.6 Å². The average molecular weight is 385 g/mol. The number of methoxy groups -OCH3 is 1. The molecule has 0 spiro atoms. The minimum Gasteiger partial charge on any atom is -0.495 e. The molecule has 146 valence electrons. The van der Waals surface area contributed by atoms with Gasteiger partial charge in [0, 0.05) is 24.3 Å². The van der Waals surface area contributed by atoms with Crippen LogP contribution in [0.25, 0.3) is 0 Å². The van der Waals surface area contributed by atoms with Gasteiger partial charge in [0.15, 0.2) is 0 Å². The second-order valence-corrected chi connectivity index (χ2v) is 6.41. The standard InChI is InChI=1S/C20H20FN3O4/c1-12-5-6-13(10-15(12)21)22-19(26)20(27)23-14-7-8-17(28-2)16(11-14)24-9-3-4-18(24)25/h5-8,10-11H,3-4,9H2,1-2H3,(H,22,26)(H,23,27). The van der Waals surface area contributed by atoms with Gasteiger partial charge in [0.2, 0.25) is 5.91 Å². The maximum atomic E-state index is 13.6. The van der Waals surface area contributed by atoms with Gasteiger partial charge in [0.05, 0.1) is 12.8 Å². The maximum Gasteiger partial charge on any atom is 0.314 e. The van der Waals surface area contributed by atoms with Gasteiger partial charge in [-0.05, 0) is 49.2 Å². The van der Waals surface area contributed by atoms with Gasteiger partial charge in [-0.25, -0.2) is 4.39 Å². The van der Waals surface area contributed by atoms with E-state index in [4.69, 9.17) is 4.74 Å². The Morgan fingerprint density at radius 2 is 1.71 bits per heavy atom. The Kier molecular flexibility index (Phi) is 5.58. The van der Waals surface area contributed by atoms with E-state index in [0.717, 1.165) is 12.5 Å². The number of halogens is 1. The molecule has 3 rings (SSSR count). The number of benzene rings is 2. The molecule has 0 aliphatic carbocycles. The van der Waals surface area contributed by atoms with Crippen LogP contribution in [-0.2, 0) is 14.4 Å². The summed E-state index contributed by atoms with van der Waals surface area (Å²) in [5.41, 5.74) is 1.49. The predicted octanol–water partition coefficient (Wildman–Crippen LogP) is 2.85. The quantitative estimate of drug-likeness (QED) is 0.793. The van der Waals surface area contributed by atoms with Gasteiger partial charge < -0.3 is 20.3 Å². The van der Waals surface area contributed by atoms with Crippen LogP contribution in [0.3, 0.4) is 0 Å². The van der Waals surface area contributed by atoms with E-state index < -0.39 is 17.6 Å². The Morgan fingerprint density at radius 1 is 1.07 bits per heavy atom. The normalized spacial score (nSPS) is 13.4. The average Bonchev–Trinajstić information content (AvgIpc) is 3.10. The molecule has 28 heavy (non-hydrogen) atoms. The molecule has 1 heterocycles. The number of amides is 3. The van der Waals surface area contributed by atoms with Gasteiger partial charge in [-0.1, -0.05) is 6.07 Å². The monoisotopic (exact) mass is 385 g/mol. The summed E-state index contributed by atoms with van der Waals surface area (Å²) in [6.45, 7) is 2.16. The first kappa shape index (κ1) is 19.3. The van der Waals surface area contributed by atoms with E-state index in [0.29, 0.717) is 35.7 Å². The fourth-order valence-electron chi connectivity index (χ4n) is 2.93. The van der Waals surface area contributed by atoms with Crippen molar-refractivity contribution >= 4 is 34.8 Å². The molecule has 0 unspecified atom stereocenters. The Balaban J connectivity index is 1.73. The van der Waals surface area contributed by atoms with Crippen LogP contribution < -0.4 is 20.3 Å². The number of rotatable bonds is 4. The fourth-order valence-corrected chi connectivity index (χ4v) is 2.93. The molecule has 2 N–H and O–H groups in total. The number of carbonyl (C=O) groups excluding carboxylic acids is 3. The number of hydrogen-bond donors (Lipinski definition) is 2. The molecule has 0 radical (unpaired) electrons. The molecular formula is C20H20FN3O4. The van der Waals surface area contributed by atoms with Gasteiger partial charge in [-0.15, -0.1) is 0 Å². The molecule has 3 amide bonds. The smallest absolute Gasteiger partial charge is 0.314 e. The van der Waals surface area contributed by atoms with Crippen molar-refractivity contribution in [1.29, 1.82) is 0 Å². The van der Waals surface area contributed by atoms with Crippen LogP contribution in [0.1, 0.15) is 18.4 Å². The molecule has 0 aromatic heterocycles. The van der Waals surface area contributed by atoms with Gasteiger partial charge in [-0.2, -0.15) is 0 Å². The van der Waals surface area contributed by atoms with Crippen LogP contribution in [0, 0.1) is 12.7 Å². The van der Waals surface area contributed by atoms with E-state index in [1.807, 2.05) is 0 Å². The third-order valence-electron chi connectivity index (χ3n) is 4.44. The third-order valence-corrected chi connectivity index (χ3v) is 4.44. The summed E-state index contributed by atoms with van der Waals surface area (Å²) < 4.78 is 18.9. The molecule has 0 saturated carbocycles. The molecule has 2 aromatic carbocycles. The lowest BCUT2D eigenvalue weighted by Crippen LogP contribution is -2.29. The summed E-state index contributed by atoms with van der Waals surface area (Å²) in [4.78, 5) is 37.9. The number of ether oxygens (including phenoxy) is 1. The van der Waals surface area contributed by atoms with Crippen LogP contribution in [0.15, 0.2) is 36.4 Å². The Bertz CT molecular complexity index is 945. The van der Waals surface area contributed by atoms with E-state index in [1.165, 1.54) is 19.2 Å². The first-order chi connectivity index (χ1) is 13.4. The van der Waals surface area contributed by atoms with Crippen molar-refractivity contribution in [3.63, 3.8) is 0 Å². The zero-order valence-electron chi connectivity index (χ0n) is 15.5. The van der Waals surface area contributed by atoms with Gasteiger partial charge >= 0.3 is 11.8 Å². The summed E-state index contributed by atoms with van der Waals surface area (Å²) in [5.74, 6) is -1.86. The topological polar surface area (TPSA) is 87.7 Å². The molecule has 0 bridgehead atoms. The van der Waals surface area contributed by atoms with Gasteiger partial charge in [0.1, 0.15) is 11.6 Å². The first-order valence-electron chi connectivity index (χ1n) is 8.76. The predicted molar refractivity (Wildman–Crippen MR) is 103 cm³/mol. The maximum absolute atomic E-state index is 13.6. The van der Waals surface area contributed by atoms with Crippen LogP contribution in [0.2, 0.25) is 0 Å². The van der Waals surface area contributed by atoms with Crippen molar-refractivity contribution in [2.24, 2.45) is 0 Å². The number of nitrogens with one attached hydrogen (secondary N) is 2. The zero-order chi connectivity index (χ0) is 20.3. The summed E-state index contributed by atoms with van der Waals surface area (Å²) >= 11 is 0. The molecule has 0 atom stereocenters. The van der Waals surface area contributed by atoms with E-state index in [9.17, 15) is 18.8 Å². The zero-order valence-corrected chi connectivity index (χ0v) is 15.5. The molecule has 1 saturated heterocycles. The molecule has 1 aliphatic rings. The number of carbonyl (C=O) groups is 3. The summed E-state index contributed by atoms with van der Waals surface area (Å²) in [6, 6.07) is 8.92. The summed E-state index contributed by atoms with van der Waals surface area (Å²) in [5, 5.41) is 4.83. The first-order valence-corrected chi connectivity index (χ1v) is 8.76. The van der Waals surface area contributed by atoms with Crippen molar-refractivity contribution in [2.45, 2.75) is 19.8 Å². The number of nitrogens with zero attached hydrogens (tertiary/aromatic N) is 1. The van der Waals surface area contributed by atoms with Crippen LogP contribution in [0.4, 0.5) is 21.5 Å². The molecule has 7 nitrogen and oxygen atoms in total. The number of aryl methyl sites for hydroxylation is 1. The largest absolute Gasteiger partial charge is 0.495 e. The Labute approximate surface area is 161 Å². The highest BCUT2D eigenvalue weighted by Crippen LogP contribution is 2.34. The van der Waals surface area contributed by atoms with Gasteiger partial charge in [0.25, 0.3) is 0 Å². The van der Waals surface area contributed by atoms with Crippen molar-refractivity contribution in [2.75, 3.05) is 29.2 Å². The summed E-state index contributed by atoms with van der Waals surface area (Å²) in [6.07, 6.45) is 1.20. The highest BCUT2D eigenvalue weighted by Gasteiger charge is 2.25. The molecule has 2 aromatic rings. The van der Waals surface area contributed by atoms with Crippen LogP contribution in [0.5, 0.6) is 5.75 Å². The number of hydrogen-bond acceptors (Lipinski definition) is 4. The Hall–Kier alpha value is -3.42. The van der Waals surface area contributed by atoms with Crippen molar-refractivity contribution < 1.29 is 23.5 Å². The SMILES string of the molecule is COc1ccc(NC(=O)C(=O)Nc2ccc(C)c(F)c2)cc1N1CCCC1=O. The molecule has 1 fully saturated rings. The lowest BCUT2D eigenvalue weighted by molar-refractivity contribution is -0.133. The second-order valence-electron chi connectivity index (χ2n) is 6.41. The molecule has 8 heteroatoms. The number of anilines is 3. The minimum atomic E-state index is -0.933. The lowest BCUT2D eigenvalue weighted by atomic mass is 10.2. The lowest BCUT2D eigenvalue weighted by Gasteiger charge is -2.20. The molecular weight excluding hydrogens is 365 g/mol. The van der Waals surface area contributed by atoms with Gasteiger partial charge in [-0.3, -0.25) is 14.4 Å². The van der Waals surface area contributed by atoms with Crippen LogP contribution in [-0.4, -0.2) is 31.4 Å². The van der Waals surface area contributed by atoms with E-state index in [2.05, 4.69) is 10.6 Å². The minimum absolute atomic E-state index is 0.0269. The van der Waals surface area contributed by atoms with E-state index in [1.54, 1.807) is 30.0 Å². The van der Waals surface area contributed by atoms with Crippen LogP contribution >= 0.6 is 0 Å². The highest BCUT2D eigenvalue weighted by molar-refractivity contribution is 6.43. The molecule has 1 aliphatic heterocycles. The van der Waals surface area contributed by atoms with E-state index >= 15 is 0 Å². The highest BCUT2D eigenvalue weighted by atomic mass is 19.1. The van der Waals surface area contributed by atoms with Crippen molar-refractivity contribution in [1.82, 2.24) is 0 Å². The Morgan fingerprint density at radius 3 is 2.29 bits per heavy atom. The second kappa shape index (κ2) is 8.08. The van der Waals surface area contributed by atoms with Crippen molar-refractivity contribution in [3.05, 3.63) is 47.8 Å². The fraction of sp³-hybridized carbons (Fsp3) is 0.250. The summed E-state index contributed by atoms with van der Waals surface area (Å²) in [7, 11) is 1.49.